The number of carboxylic acid groups (broad SMARTS) is 1. The van der Waals surface area contributed by atoms with Gasteiger partial charge in [0.1, 0.15) is 11.4 Å². The number of carboxylic acids is 1. The summed E-state index contributed by atoms with van der Waals surface area (Å²) in [7, 11) is 0. The third kappa shape index (κ3) is 3.92. The molecule has 4 aromatic carbocycles. The topological polar surface area (TPSA) is 51.5 Å². The van der Waals surface area contributed by atoms with E-state index in [9.17, 15) is 9.90 Å². The summed E-state index contributed by atoms with van der Waals surface area (Å²) in [4.78, 5) is 12.5. The zero-order chi connectivity index (χ0) is 23.7. The Labute approximate surface area is 199 Å². The zero-order valence-corrected chi connectivity index (χ0v) is 19.4. The van der Waals surface area contributed by atoms with Crippen molar-refractivity contribution in [3.63, 3.8) is 0 Å². The first kappa shape index (κ1) is 21.8. The molecule has 0 spiro atoms. The number of aryl methyl sites for hydroxylation is 3. The van der Waals surface area contributed by atoms with E-state index in [1.807, 2.05) is 66.9 Å². The molecular weight excluding hydrogens is 422 g/mol. The Morgan fingerprint density at radius 2 is 1.62 bits per heavy atom. The van der Waals surface area contributed by atoms with Crippen LogP contribution in [0.4, 0.5) is 0 Å². The number of aromatic carboxylic acids is 1. The lowest BCUT2D eigenvalue weighted by atomic mass is 9.96. The molecule has 4 heteroatoms. The standard InChI is InChI=1S/C30H27NO3/c1-20-15-16-21(2)25(19-20)28-24-12-5-6-13-26(24)31(29(28)30(32)33)17-8-18-34-27-14-7-10-22-9-3-4-11-23(22)27/h3-7,9-16,19H,8,17-18H2,1-2H3,(H,32,33). The third-order valence-corrected chi connectivity index (χ3v) is 6.37. The van der Waals surface area contributed by atoms with Crippen molar-refractivity contribution < 1.29 is 14.6 Å². The summed E-state index contributed by atoms with van der Waals surface area (Å²) in [6.07, 6.45) is 0.689. The molecule has 1 heterocycles. The van der Waals surface area contributed by atoms with Crippen LogP contribution in [0.3, 0.4) is 0 Å². The van der Waals surface area contributed by atoms with E-state index in [2.05, 4.69) is 36.4 Å². The Hall–Kier alpha value is -4.05. The van der Waals surface area contributed by atoms with Crippen molar-refractivity contribution in [1.29, 1.82) is 0 Å². The summed E-state index contributed by atoms with van der Waals surface area (Å²) in [6, 6.07) is 28.4. The monoisotopic (exact) mass is 449 g/mol. The van der Waals surface area contributed by atoms with Crippen molar-refractivity contribution in [2.24, 2.45) is 0 Å². The minimum absolute atomic E-state index is 0.333. The lowest BCUT2D eigenvalue weighted by Crippen LogP contribution is -2.12. The van der Waals surface area contributed by atoms with Crippen LogP contribution in [-0.4, -0.2) is 22.2 Å². The number of nitrogens with zero attached hydrogens (tertiary/aromatic N) is 1. The molecule has 0 saturated carbocycles. The van der Waals surface area contributed by atoms with E-state index >= 15 is 0 Å². The van der Waals surface area contributed by atoms with Gasteiger partial charge in [0.05, 0.1) is 6.61 Å². The second-order valence-electron chi connectivity index (χ2n) is 8.70. The van der Waals surface area contributed by atoms with Gasteiger partial charge in [-0.1, -0.05) is 78.4 Å². The summed E-state index contributed by atoms with van der Waals surface area (Å²) in [6.45, 7) is 5.12. The Morgan fingerprint density at radius 1 is 0.882 bits per heavy atom. The van der Waals surface area contributed by atoms with Crippen molar-refractivity contribution in [3.8, 4) is 16.9 Å². The molecule has 0 bridgehead atoms. The number of rotatable bonds is 7. The molecule has 170 valence electrons. The predicted molar refractivity (Wildman–Crippen MR) is 138 cm³/mol. The Kier molecular flexibility index (Phi) is 5.81. The highest BCUT2D eigenvalue weighted by Gasteiger charge is 2.24. The Balaban J connectivity index is 1.48. The van der Waals surface area contributed by atoms with E-state index in [1.165, 1.54) is 0 Å². The molecule has 0 aliphatic rings. The molecular formula is C30H27NO3. The van der Waals surface area contributed by atoms with Crippen molar-refractivity contribution in [1.82, 2.24) is 4.57 Å². The molecule has 34 heavy (non-hydrogen) atoms. The number of hydrogen-bond donors (Lipinski definition) is 1. The van der Waals surface area contributed by atoms with Crippen LogP contribution in [0.25, 0.3) is 32.8 Å². The highest BCUT2D eigenvalue weighted by atomic mass is 16.5. The Morgan fingerprint density at radius 3 is 2.44 bits per heavy atom. The maximum atomic E-state index is 12.5. The first-order chi connectivity index (χ1) is 16.5. The van der Waals surface area contributed by atoms with Crippen LogP contribution in [0.5, 0.6) is 5.75 Å². The number of carbonyl (C=O) groups is 1. The summed E-state index contributed by atoms with van der Waals surface area (Å²) in [5, 5.41) is 13.5. The molecule has 0 aliphatic heterocycles. The van der Waals surface area contributed by atoms with E-state index in [1.54, 1.807) is 0 Å². The zero-order valence-electron chi connectivity index (χ0n) is 19.4. The predicted octanol–water partition coefficient (Wildman–Crippen LogP) is 7.25. The molecule has 5 aromatic rings. The fraction of sp³-hybridized carbons (Fsp3) is 0.167. The van der Waals surface area contributed by atoms with Gasteiger partial charge in [-0.25, -0.2) is 4.79 Å². The van der Waals surface area contributed by atoms with Crippen LogP contribution in [0.1, 0.15) is 28.0 Å². The molecule has 1 aromatic heterocycles. The smallest absolute Gasteiger partial charge is 0.353 e. The number of benzene rings is 4. The minimum atomic E-state index is -0.915. The molecule has 0 aliphatic carbocycles. The van der Waals surface area contributed by atoms with Crippen LogP contribution < -0.4 is 4.74 Å². The number of para-hydroxylation sites is 1. The van der Waals surface area contributed by atoms with Gasteiger partial charge in [-0.05, 0) is 48.9 Å². The van der Waals surface area contributed by atoms with E-state index in [0.717, 1.165) is 49.7 Å². The summed E-state index contributed by atoms with van der Waals surface area (Å²) >= 11 is 0. The Bertz CT molecular complexity index is 1510. The second-order valence-corrected chi connectivity index (χ2v) is 8.70. The molecule has 5 rings (SSSR count). The van der Waals surface area contributed by atoms with Crippen molar-refractivity contribution in [3.05, 3.63) is 102 Å². The minimum Gasteiger partial charge on any atom is -0.493 e. The summed E-state index contributed by atoms with van der Waals surface area (Å²) in [5.74, 6) is -0.0629. The molecule has 4 nitrogen and oxygen atoms in total. The number of ether oxygens (including phenoxy) is 1. The van der Waals surface area contributed by atoms with Gasteiger partial charge in [0.25, 0.3) is 0 Å². The molecule has 1 N–H and O–H groups in total. The lowest BCUT2D eigenvalue weighted by Gasteiger charge is -2.12. The van der Waals surface area contributed by atoms with Gasteiger partial charge in [-0.3, -0.25) is 0 Å². The molecule has 0 radical (unpaired) electrons. The largest absolute Gasteiger partial charge is 0.493 e. The maximum absolute atomic E-state index is 12.5. The van der Waals surface area contributed by atoms with Gasteiger partial charge >= 0.3 is 5.97 Å². The van der Waals surface area contributed by atoms with Crippen molar-refractivity contribution in [2.45, 2.75) is 26.8 Å². The fourth-order valence-corrected chi connectivity index (χ4v) is 4.76. The highest BCUT2D eigenvalue weighted by molar-refractivity contribution is 6.08. The average Bonchev–Trinajstić information content (AvgIpc) is 3.18. The van der Waals surface area contributed by atoms with Crippen LogP contribution >= 0.6 is 0 Å². The maximum Gasteiger partial charge on any atom is 0.353 e. The molecule has 0 saturated heterocycles. The van der Waals surface area contributed by atoms with Gasteiger partial charge in [0.15, 0.2) is 0 Å². The molecule has 0 fully saturated rings. The van der Waals surface area contributed by atoms with Crippen LogP contribution in [0.15, 0.2) is 84.9 Å². The first-order valence-electron chi connectivity index (χ1n) is 11.6. The lowest BCUT2D eigenvalue weighted by molar-refractivity contribution is 0.0686. The van der Waals surface area contributed by atoms with Gasteiger partial charge in [0, 0.05) is 28.4 Å². The van der Waals surface area contributed by atoms with Gasteiger partial charge < -0.3 is 14.4 Å². The third-order valence-electron chi connectivity index (χ3n) is 6.37. The van der Waals surface area contributed by atoms with E-state index in [0.29, 0.717) is 25.3 Å². The molecule has 0 atom stereocenters. The van der Waals surface area contributed by atoms with Gasteiger partial charge in [0.2, 0.25) is 0 Å². The normalized spacial score (nSPS) is 11.2. The van der Waals surface area contributed by atoms with Gasteiger partial charge in [-0.2, -0.15) is 0 Å². The van der Waals surface area contributed by atoms with Crippen molar-refractivity contribution in [2.75, 3.05) is 6.61 Å². The van der Waals surface area contributed by atoms with E-state index in [4.69, 9.17) is 4.74 Å². The van der Waals surface area contributed by atoms with Crippen LogP contribution in [0.2, 0.25) is 0 Å². The quantitative estimate of drug-likeness (QED) is 0.266. The van der Waals surface area contributed by atoms with Crippen molar-refractivity contribution >= 4 is 27.6 Å². The molecule has 0 amide bonds. The average molecular weight is 450 g/mol. The fourth-order valence-electron chi connectivity index (χ4n) is 4.76. The number of aromatic nitrogens is 1. The van der Waals surface area contributed by atoms with E-state index in [-0.39, 0.29) is 0 Å². The SMILES string of the molecule is Cc1ccc(C)c(-c2c(C(=O)O)n(CCCOc3cccc4ccccc34)c3ccccc23)c1. The molecule has 0 unspecified atom stereocenters. The number of fused-ring (bicyclic) bond motifs is 2. The van der Waals surface area contributed by atoms with Crippen LogP contribution in [-0.2, 0) is 6.54 Å². The van der Waals surface area contributed by atoms with Crippen LogP contribution in [0, 0.1) is 13.8 Å². The summed E-state index contributed by atoms with van der Waals surface area (Å²) in [5.41, 5.74) is 5.20. The van der Waals surface area contributed by atoms with Gasteiger partial charge in [-0.15, -0.1) is 0 Å². The highest BCUT2D eigenvalue weighted by Crippen LogP contribution is 2.37. The second kappa shape index (κ2) is 9.06. The number of hydrogen-bond acceptors (Lipinski definition) is 2. The summed E-state index contributed by atoms with van der Waals surface area (Å²) < 4.78 is 8.05. The van der Waals surface area contributed by atoms with E-state index < -0.39 is 5.97 Å². The first-order valence-corrected chi connectivity index (χ1v) is 11.6.